The molecule has 142 valence electrons. The molecule has 0 aliphatic heterocycles. The van der Waals surface area contributed by atoms with Crippen LogP contribution in [0.1, 0.15) is 29.0 Å². The molecule has 2 N–H and O–H groups in total. The molecule has 0 radical (unpaired) electrons. The fraction of sp³-hybridized carbons (Fsp3) is 0.222. The number of hydrogen-bond donors (Lipinski definition) is 2. The van der Waals surface area contributed by atoms with Crippen LogP contribution >= 0.6 is 0 Å². The van der Waals surface area contributed by atoms with Gasteiger partial charge in [-0.2, -0.15) is 0 Å². The van der Waals surface area contributed by atoms with Gasteiger partial charge in [-0.25, -0.2) is 9.18 Å². The Morgan fingerprint density at radius 2 is 1.78 bits per heavy atom. The van der Waals surface area contributed by atoms with E-state index in [4.69, 9.17) is 9.15 Å². The Morgan fingerprint density at radius 1 is 1.04 bits per heavy atom. The van der Waals surface area contributed by atoms with E-state index < -0.39 is 30.3 Å². The maximum atomic E-state index is 12.8. The summed E-state index contributed by atoms with van der Waals surface area (Å²) < 4.78 is 22.5. The van der Waals surface area contributed by atoms with E-state index in [0.29, 0.717) is 5.76 Å². The predicted octanol–water partition coefficient (Wildman–Crippen LogP) is 1.95. The molecular weight excluding hydrogens is 359 g/mol. The summed E-state index contributed by atoms with van der Waals surface area (Å²) in [6, 6.07) is 7.46. The Bertz CT molecular complexity index is 802. The number of halogens is 1. The minimum atomic E-state index is -0.815. The number of ether oxygens (including phenoxy) is 1. The third kappa shape index (κ3) is 7.10. The molecule has 0 aliphatic rings. The first-order chi connectivity index (χ1) is 12.9. The predicted molar refractivity (Wildman–Crippen MR) is 90.0 cm³/mol. The molecule has 0 saturated carbocycles. The van der Waals surface area contributed by atoms with Crippen molar-refractivity contribution in [3.05, 3.63) is 59.8 Å². The lowest BCUT2D eigenvalue weighted by atomic mass is 10.1. The first-order valence-corrected chi connectivity index (χ1v) is 7.98. The summed E-state index contributed by atoms with van der Waals surface area (Å²) in [5.41, 5.74) is 0.273. The second kappa shape index (κ2) is 9.85. The zero-order chi connectivity index (χ0) is 19.6. The van der Waals surface area contributed by atoms with Crippen molar-refractivity contribution >= 4 is 23.7 Å². The van der Waals surface area contributed by atoms with Crippen LogP contribution in [0.3, 0.4) is 0 Å². The molecule has 0 fully saturated rings. The SMILES string of the molecule is O=C(COC(=O)CCC(=O)c1ccc(F)cc1)NC(=O)NCc1ccco1. The Labute approximate surface area is 153 Å². The molecule has 0 saturated heterocycles. The average Bonchev–Trinajstić information content (AvgIpc) is 3.17. The maximum Gasteiger partial charge on any atom is 0.321 e. The standard InChI is InChI=1S/C18H17FN2O6/c19-13-5-3-12(4-6-13)15(22)7-8-17(24)27-11-16(23)21-18(25)20-10-14-2-1-9-26-14/h1-6,9H,7-8,10-11H2,(H2,20,21,23,25). The second-order valence-electron chi connectivity index (χ2n) is 5.40. The van der Waals surface area contributed by atoms with Crippen molar-refractivity contribution in [3.8, 4) is 0 Å². The zero-order valence-electron chi connectivity index (χ0n) is 14.2. The fourth-order valence-electron chi connectivity index (χ4n) is 2.00. The highest BCUT2D eigenvalue weighted by Crippen LogP contribution is 2.07. The Hall–Kier alpha value is -3.49. The highest BCUT2D eigenvalue weighted by molar-refractivity contribution is 5.98. The molecule has 0 bridgehead atoms. The van der Waals surface area contributed by atoms with Crippen molar-refractivity contribution in [3.63, 3.8) is 0 Å². The first kappa shape index (κ1) is 19.8. The highest BCUT2D eigenvalue weighted by atomic mass is 19.1. The van der Waals surface area contributed by atoms with Crippen molar-refractivity contribution in [2.75, 3.05) is 6.61 Å². The van der Waals surface area contributed by atoms with Crippen molar-refractivity contribution < 1.29 is 32.7 Å². The van der Waals surface area contributed by atoms with Crippen LogP contribution in [0.2, 0.25) is 0 Å². The molecule has 1 aromatic carbocycles. The van der Waals surface area contributed by atoms with Crippen LogP contribution in [0.25, 0.3) is 0 Å². The number of hydrogen-bond acceptors (Lipinski definition) is 6. The van der Waals surface area contributed by atoms with Gasteiger partial charge in [0.05, 0.1) is 19.2 Å². The molecule has 0 atom stereocenters. The number of carbonyl (C=O) groups excluding carboxylic acids is 4. The summed E-state index contributed by atoms with van der Waals surface area (Å²) in [6.07, 6.45) is 1.06. The van der Waals surface area contributed by atoms with Crippen LogP contribution < -0.4 is 10.6 Å². The Kier molecular flexibility index (Phi) is 7.24. The molecule has 2 rings (SSSR count). The van der Waals surface area contributed by atoms with E-state index in [1.807, 2.05) is 5.32 Å². The van der Waals surface area contributed by atoms with Gasteiger partial charge < -0.3 is 14.5 Å². The van der Waals surface area contributed by atoms with E-state index in [9.17, 15) is 23.6 Å². The number of amides is 3. The Morgan fingerprint density at radius 3 is 2.44 bits per heavy atom. The van der Waals surface area contributed by atoms with Gasteiger partial charge in [-0.1, -0.05) is 0 Å². The van der Waals surface area contributed by atoms with Gasteiger partial charge in [0.25, 0.3) is 5.91 Å². The maximum absolute atomic E-state index is 12.8. The summed E-state index contributed by atoms with van der Waals surface area (Å²) in [7, 11) is 0. The lowest BCUT2D eigenvalue weighted by Crippen LogP contribution is -2.41. The van der Waals surface area contributed by atoms with Gasteiger partial charge in [0.1, 0.15) is 11.6 Å². The number of carbonyl (C=O) groups is 4. The molecule has 1 aromatic heterocycles. The average molecular weight is 376 g/mol. The van der Waals surface area contributed by atoms with Crippen molar-refractivity contribution in [2.45, 2.75) is 19.4 Å². The van der Waals surface area contributed by atoms with Crippen molar-refractivity contribution in [1.82, 2.24) is 10.6 Å². The smallest absolute Gasteiger partial charge is 0.321 e. The molecule has 8 nitrogen and oxygen atoms in total. The molecule has 27 heavy (non-hydrogen) atoms. The van der Waals surface area contributed by atoms with Crippen LogP contribution in [0.15, 0.2) is 47.1 Å². The van der Waals surface area contributed by atoms with Crippen LogP contribution in [-0.4, -0.2) is 30.3 Å². The molecule has 9 heteroatoms. The van der Waals surface area contributed by atoms with E-state index in [2.05, 4.69) is 5.32 Å². The number of benzene rings is 1. The van der Waals surface area contributed by atoms with Crippen molar-refractivity contribution in [1.29, 1.82) is 0 Å². The molecular formula is C18H17FN2O6. The number of esters is 1. The normalized spacial score (nSPS) is 10.1. The second-order valence-corrected chi connectivity index (χ2v) is 5.40. The molecule has 0 aliphatic carbocycles. The number of nitrogens with one attached hydrogen (secondary N) is 2. The third-order valence-electron chi connectivity index (χ3n) is 3.34. The molecule has 1 heterocycles. The van der Waals surface area contributed by atoms with E-state index in [1.165, 1.54) is 18.4 Å². The number of imide groups is 1. The zero-order valence-corrected chi connectivity index (χ0v) is 14.2. The monoisotopic (exact) mass is 376 g/mol. The summed E-state index contributed by atoms with van der Waals surface area (Å²) in [6.45, 7) is -0.560. The van der Waals surface area contributed by atoms with Gasteiger partial charge in [0.15, 0.2) is 12.4 Å². The van der Waals surface area contributed by atoms with E-state index in [1.54, 1.807) is 12.1 Å². The highest BCUT2D eigenvalue weighted by Gasteiger charge is 2.13. The lowest BCUT2D eigenvalue weighted by Gasteiger charge is -2.06. The molecule has 0 spiro atoms. The van der Waals surface area contributed by atoms with Crippen LogP contribution in [0, 0.1) is 5.82 Å². The van der Waals surface area contributed by atoms with Crippen LogP contribution in [0.5, 0.6) is 0 Å². The largest absolute Gasteiger partial charge is 0.467 e. The summed E-state index contributed by atoms with van der Waals surface area (Å²) in [5, 5.41) is 4.37. The minimum absolute atomic E-state index is 0.0946. The van der Waals surface area contributed by atoms with Gasteiger partial charge in [-0.15, -0.1) is 0 Å². The number of furan rings is 1. The minimum Gasteiger partial charge on any atom is -0.467 e. The molecule has 2 aromatic rings. The van der Waals surface area contributed by atoms with Crippen LogP contribution in [-0.2, 0) is 20.9 Å². The fourth-order valence-corrected chi connectivity index (χ4v) is 2.00. The number of Topliss-reactive ketones (excluding diaryl/α,β-unsaturated/α-hetero) is 1. The van der Waals surface area contributed by atoms with Gasteiger partial charge >= 0.3 is 12.0 Å². The lowest BCUT2D eigenvalue weighted by molar-refractivity contribution is -0.148. The van der Waals surface area contributed by atoms with E-state index in [0.717, 1.165) is 12.1 Å². The Balaban J connectivity index is 1.62. The quantitative estimate of drug-likeness (QED) is 0.538. The van der Waals surface area contributed by atoms with E-state index >= 15 is 0 Å². The summed E-state index contributed by atoms with van der Waals surface area (Å²) in [4.78, 5) is 46.4. The van der Waals surface area contributed by atoms with Gasteiger partial charge in [-0.3, -0.25) is 19.7 Å². The summed E-state index contributed by atoms with van der Waals surface area (Å²) in [5.74, 6) is -1.89. The molecule has 0 unspecified atom stereocenters. The molecule has 3 amide bonds. The first-order valence-electron chi connectivity index (χ1n) is 7.98. The summed E-state index contributed by atoms with van der Waals surface area (Å²) >= 11 is 0. The number of rotatable bonds is 8. The number of ketones is 1. The van der Waals surface area contributed by atoms with Crippen LogP contribution in [0.4, 0.5) is 9.18 Å². The van der Waals surface area contributed by atoms with E-state index in [-0.39, 0.29) is 30.7 Å². The van der Waals surface area contributed by atoms with Gasteiger partial charge in [-0.05, 0) is 36.4 Å². The van der Waals surface area contributed by atoms with Gasteiger partial charge in [0, 0.05) is 12.0 Å². The van der Waals surface area contributed by atoms with Gasteiger partial charge in [0.2, 0.25) is 0 Å². The van der Waals surface area contributed by atoms with Crippen molar-refractivity contribution in [2.24, 2.45) is 0 Å². The third-order valence-corrected chi connectivity index (χ3v) is 3.34. The number of urea groups is 1. The topological polar surface area (TPSA) is 115 Å².